The number of hydrogen-bond acceptors (Lipinski definition) is 5. The van der Waals surface area contributed by atoms with Crippen LogP contribution in [0.3, 0.4) is 0 Å². The lowest BCUT2D eigenvalue weighted by Gasteiger charge is -2.16. The number of carbonyl (C=O) groups is 1. The van der Waals surface area contributed by atoms with Gasteiger partial charge in [0, 0.05) is 17.8 Å². The molecule has 0 heterocycles. The van der Waals surface area contributed by atoms with Crippen LogP contribution >= 0.6 is 0 Å². The number of amides is 1. The Morgan fingerprint density at radius 2 is 1.70 bits per heavy atom. The number of para-hydroxylation sites is 1. The highest BCUT2D eigenvalue weighted by molar-refractivity contribution is 5.99. The summed E-state index contributed by atoms with van der Waals surface area (Å²) in [6.07, 6.45) is 0. The fourth-order valence-electron chi connectivity index (χ4n) is 2.28. The van der Waals surface area contributed by atoms with Crippen LogP contribution in [0.4, 0.5) is 5.69 Å². The SMILES string of the molecule is COc1ccc(CNC(=O)c2ccccc2N)c(OC)c1OC. The molecular formula is C17H20N2O4. The monoisotopic (exact) mass is 316 g/mol. The number of methoxy groups -OCH3 is 3. The van der Waals surface area contributed by atoms with E-state index in [1.54, 1.807) is 37.4 Å². The van der Waals surface area contributed by atoms with E-state index in [-0.39, 0.29) is 12.5 Å². The number of ether oxygens (including phenoxy) is 3. The topological polar surface area (TPSA) is 82.8 Å². The van der Waals surface area contributed by atoms with Gasteiger partial charge in [0.2, 0.25) is 5.75 Å². The Kier molecular flexibility index (Phi) is 5.30. The van der Waals surface area contributed by atoms with Gasteiger partial charge in [0.1, 0.15) is 0 Å². The first-order valence-electron chi connectivity index (χ1n) is 7.03. The average molecular weight is 316 g/mol. The molecule has 1 amide bonds. The van der Waals surface area contributed by atoms with E-state index in [0.717, 1.165) is 5.56 Å². The Morgan fingerprint density at radius 3 is 2.30 bits per heavy atom. The summed E-state index contributed by atoms with van der Waals surface area (Å²) in [5.74, 6) is 1.32. The zero-order valence-electron chi connectivity index (χ0n) is 13.4. The van der Waals surface area contributed by atoms with Crippen LogP contribution in [0.25, 0.3) is 0 Å². The van der Waals surface area contributed by atoms with E-state index in [2.05, 4.69) is 5.32 Å². The lowest BCUT2D eigenvalue weighted by molar-refractivity contribution is 0.0951. The van der Waals surface area contributed by atoms with E-state index in [0.29, 0.717) is 28.5 Å². The summed E-state index contributed by atoms with van der Waals surface area (Å²) < 4.78 is 16.0. The van der Waals surface area contributed by atoms with Gasteiger partial charge in [0.05, 0.1) is 26.9 Å². The standard InChI is InChI=1S/C17H20N2O4/c1-21-14-9-8-11(15(22-2)16(14)23-3)10-19-17(20)12-6-4-5-7-13(12)18/h4-9H,10,18H2,1-3H3,(H,19,20). The smallest absolute Gasteiger partial charge is 0.253 e. The second kappa shape index (κ2) is 7.40. The van der Waals surface area contributed by atoms with Crippen LogP contribution in [0.15, 0.2) is 36.4 Å². The zero-order chi connectivity index (χ0) is 16.8. The molecule has 0 spiro atoms. The van der Waals surface area contributed by atoms with Crippen molar-refractivity contribution in [2.45, 2.75) is 6.54 Å². The maximum Gasteiger partial charge on any atom is 0.253 e. The molecule has 0 fully saturated rings. The van der Waals surface area contributed by atoms with E-state index < -0.39 is 0 Å². The van der Waals surface area contributed by atoms with Crippen molar-refractivity contribution >= 4 is 11.6 Å². The predicted octanol–water partition coefficient (Wildman–Crippen LogP) is 2.22. The minimum Gasteiger partial charge on any atom is -0.493 e. The first-order valence-corrected chi connectivity index (χ1v) is 7.03. The fraction of sp³-hybridized carbons (Fsp3) is 0.235. The maximum atomic E-state index is 12.2. The van der Waals surface area contributed by atoms with Gasteiger partial charge in [0.25, 0.3) is 5.91 Å². The summed E-state index contributed by atoms with van der Waals surface area (Å²) in [4.78, 5) is 12.2. The quantitative estimate of drug-likeness (QED) is 0.799. The second-order valence-electron chi connectivity index (χ2n) is 4.76. The van der Waals surface area contributed by atoms with Gasteiger partial charge < -0.3 is 25.3 Å². The molecule has 0 atom stereocenters. The Hall–Kier alpha value is -2.89. The van der Waals surface area contributed by atoms with E-state index >= 15 is 0 Å². The first-order chi connectivity index (χ1) is 11.1. The van der Waals surface area contributed by atoms with Gasteiger partial charge in [-0.3, -0.25) is 4.79 Å². The number of carbonyl (C=O) groups excluding carboxylic acids is 1. The van der Waals surface area contributed by atoms with Gasteiger partial charge in [-0.15, -0.1) is 0 Å². The van der Waals surface area contributed by atoms with Crippen molar-refractivity contribution in [2.24, 2.45) is 0 Å². The van der Waals surface area contributed by atoms with Crippen LogP contribution in [0, 0.1) is 0 Å². The molecule has 0 aliphatic rings. The summed E-state index contributed by atoms with van der Waals surface area (Å²) in [5.41, 5.74) is 7.45. The van der Waals surface area contributed by atoms with Gasteiger partial charge in [-0.2, -0.15) is 0 Å². The maximum absolute atomic E-state index is 12.2. The Balaban J connectivity index is 2.21. The van der Waals surface area contributed by atoms with Gasteiger partial charge in [0.15, 0.2) is 11.5 Å². The molecule has 122 valence electrons. The molecule has 23 heavy (non-hydrogen) atoms. The molecule has 6 nitrogen and oxygen atoms in total. The van der Waals surface area contributed by atoms with E-state index in [1.807, 2.05) is 6.07 Å². The normalized spacial score (nSPS) is 10.0. The first kappa shape index (κ1) is 16.5. The van der Waals surface area contributed by atoms with Crippen molar-refractivity contribution in [1.29, 1.82) is 0 Å². The Labute approximate surface area is 135 Å². The summed E-state index contributed by atoms with van der Waals surface area (Å²) in [6, 6.07) is 10.5. The molecule has 0 bridgehead atoms. The van der Waals surface area contributed by atoms with Crippen LogP contribution in [-0.4, -0.2) is 27.2 Å². The number of anilines is 1. The van der Waals surface area contributed by atoms with Gasteiger partial charge in [-0.25, -0.2) is 0 Å². The molecule has 0 aromatic heterocycles. The minimum absolute atomic E-state index is 0.250. The van der Waals surface area contributed by atoms with Gasteiger partial charge >= 0.3 is 0 Å². The second-order valence-corrected chi connectivity index (χ2v) is 4.76. The lowest BCUT2D eigenvalue weighted by atomic mass is 10.1. The Morgan fingerprint density at radius 1 is 1.00 bits per heavy atom. The molecule has 2 rings (SSSR count). The average Bonchev–Trinajstić information content (AvgIpc) is 2.58. The van der Waals surface area contributed by atoms with E-state index in [9.17, 15) is 4.79 Å². The van der Waals surface area contributed by atoms with Crippen molar-refractivity contribution in [2.75, 3.05) is 27.1 Å². The predicted molar refractivity (Wildman–Crippen MR) is 88.1 cm³/mol. The third-order valence-corrected chi connectivity index (χ3v) is 3.43. The zero-order valence-corrected chi connectivity index (χ0v) is 13.4. The highest BCUT2D eigenvalue weighted by atomic mass is 16.5. The molecule has 0 aliphatic carbocycles. The number of hydrogen-bond donors (Lipinski definition) is 2. The number of rotatable bonds is 6. The van der Waals surface area contributed by atoms with Gasteiger partial charge in [-0.1, -0.05) is 12.1 Å². The van der Waals surface area contributed by atoms with Crippen LogP contribution in [0.2, 0.25) is 0 Å². The molecule has 3 N–H and O–H groups in total. The molecule has 0 saturated heterocycles. The molecule has 2 aromatic rings. The number of nitrogens with two attached hydrogens (primary N) is 1. The molecule has 6 heteroatoms. The summed E-state index contributed by atoms with van der Waals surface area (Å²) >= 11 is 0. The third-order valence-electron chi connectivity index (χ3n) is 3.43. The third kappa shape index (κ3) is 3.48. The Bertz CT molecular complexity index is 701. The summed E-state index contributed by atoms with van der Waals surface area (Å²) in [5, 5.41) is 2.82. The van der Waals surface area contributed by atoms with Crippen LogP contribution < -0.4 is 25.3 Å². The molecule has 0 unspecified atom stereocenters. The molecular weight excluding hydrogens is 296 g/mol. The summed E-state index contributed by atoms with van der Waals surface area (Å²) in [6.45, 7) is 0.274. The van der Waals surface area contributed by atoms with Crippen molar-refractivity contribution in [3.05, 3.63) is 47.5 Å². The highest BCUT2D eigenvalue weighted by Gasteiger charge is 2.17. The van der Waals surface area contributed by atoms with Crippen LogP contribution in [-0.2, 0) is 6.54 Å². The molecule has 0 saturated carbocycles. The molecule has 0 aliphatic heterocycles. The number of benzene rings is 2. The van der Waals surface area contributed by atoms with Gasteiger partial charge in [-0.05, 0) is 24.3 Å². The summed E-state index contributed by atoms with van der Waals surface area (Å²) in [7, 11) is 4.63. The molecule has 2 aromatic carbocycles. The fourth-order valence-corrected chi connectivity index (χ4v) is 2.28. The van der Waals surface area contributed by atoms with E-state index in [1.165, 1.54) is 14.2 Å². The van der Waals surface area contributed by atoms with Crippen molar-refractivity contribution in [1.82, 2.24) is 5.32 Å². The number of nitrogens with one attached hydrogen (secondary N) is 1. The largest absolute Gasteiger partial charge is 0.493 e. The molecule has 0 radical (unpaired) electrons. The van der Waals surface area contributed by atoms with E-state index in [4.69, 9.17) is 19.9 Å². The van der Waals surface area contributed by atoms with Crippen LogP contribution in [0.1, 0.15) is 15.9 Å². The minimum atomic E-state index is -0.250. The van der Waals surface area contributed by atoms with Crippen molar-refractivity contribution < 1.29 is 19.0 Å². The van der Waals surface area contributed by atoms with Crippen molar-refractivity contribution in [3.8, 4) is 17.2 Å². The lowest BCUT2D eigenvalue weighted by Crippen LogP contribution is -2.24. The highest BCUT2D eigenvalue weighted by Crippen LogP contribution is 2.39. The number of nitrogen functional groups attached to an aromatic ring is 1. The van der Waals surface area contributed by atoms with Crippen LogP contribution in [0.5, 0.6) is 17.2 Å². The van der Waals surface area contributed by atoms with Crippen molar-refractivity contribution in [3.63, 3.8) is 0 Å².